The van der Waals surface area contributed by atoms with Gasteiger partial charge in [0.15, 0.2) is 0 Å². The van der Waals surface area contributed by atoms with Crippen molar-refractivity contribution < 1.29 is 4.74 Å². The molecule has 0 radical (unpaired) electrons. The highest BCUT2D eigenvalue weighted by atomic mass is 79.9. The molecule has 0 aliphatic carbocycles. The maximum Gasteiger partial charge on any atom is 0.135 e. The van der Waals surface area contributed by atoms with Gasteiger partial charge in [-0.1, -0.05) is 0 Å². The lowest BCUT2D eigenvalue weighted by molar-refractivity contribution is 0.158. The summed E-state index contributed by atoms with van der Waals surface area (Å²) < 4.78 is 7.33. The van der Waals surface area contributed by atoms with E-state index in [1.165, 1.54) is 0 Å². The van der Waals surface area contributed by atoms with Crippen LogP contribution in [0.3, 0.4) is 0 Å². The van der Waals surface area contributed by atoms with Crippen molar-refractivity contribution in [3.63, 3.8) is 0 Å². The monoisotopic (exact) mass is 405 g/mol. The van der Waals surface area contributed by atoms with Crippen molar-refractivity contribution in [2.45, 2.75) is 0 Å². The topological polar surface area (TPSA) is 27.7 Å². The van der Waals surface area contributed by atoms with Crippen LogP contribution in [0.15, 0.2) is 21.1 Å². The van der Waals surface area contributed by atoms with Crippen LogP contribution in [0, 0.1) is 0 Å². The second-order valence-electron chi connectivity index (χ2n) is 5.04. The first-order valence-electron chi connectivity index (χ1n) is 6.78. The van der Waals surface area contributed by atoms with Gasteiger partial charge in [-0.3, -0.25) is 4.90 Å². The number of nitrogens with zero attached hydrogens (tertiary/aromatic N) is 2. The Morgan fingerprint density at radius 3 is 2.50 bits per heavy atom. The average molecular weight is 407 g/mol. The number of halogens is 2. The number of likely N-dealkylation sites (N-methyl/N-ethyl adjacent to an activating group) is 1. The zero-order valence-electron chi connectivity index (χ0n) is 12.0. The van der Waals surface area contributed by atoms with E-state index in [4.69, 9.17) is 4.74 Å². The van der Waals surface area contributed by atoms with Gasteiger partial charge in [0.05, 0.1) is 17.3 Å². The van der Waals surface area contributed by atoms with Crippen molar-refractivity contribution in [3.05, 3.63) is 21.1 Å². The number of rotatable bonds is 5. The van der Waals surface area contributed by atoms with Crippen molar-refractivity contribution in [3.8, 4) is 5.75 Å². The molecule has 1 aromatic carbocycles. The number of anilines is 1. The Labute approximate surface area is 137 Å². The second-order valence-corrected chi connectivity index (χ2v) is 6.75. The van der Waals surface area contributed by atoms with E-state index >= 15 is 0 Å². The molecule has 0 saturated carbocycles. The first-order valence-corrected chi connectivity index (χ1v) is 8.36. The van der Waals surface area contributed by atoms with Crippen LogP contribution >= 0.6 is 31.9 Å². The fourth-order valence-corrected chi connectivity index (χ4v) is 3.54. The van der Waals surface area contributed by atoms with Crippen molar-refractivity contribution in [1.82, 2.24) is 9.80 Å². The quantitative estimate of drug-likeness (QED) is 0.813. The zero-order valence-corrected chi connectivity index (χ0v) is 15.1. The third-order valence-corrected chi connectivity index (χ3v) is 4.86. The summed E-state index contributed by atoms with van der Waals surface area (Å²) in [6.45, 7) is 6.64. The third kappa shape index (κ3) is 4.35. The molecular weight excluding hydrogens is 386 g/mol. The lowest BCUT2D eigenvalue weighted by Gasteiger charge is -2.32. The summed E-state index contributed by atoms with van der Waals surface area (Å²) >= 11 is 7.06. The van der Waals surface area contributed by atoms with Gasteiger partial charge in [0.25, 0.3) is 0 Å². The highest BCUT2D eigenvalue weighted by Crippen LogP contribution is 2.34. The van der Waals surface area contributed by atoms with E-state index in [1.807, 2.05) is 12.1 Å². The molecule has 0 bridgehead atoms. The molecule has 20 heavy (non-hydrogen) atoms. The van der Waals surface area contributed by atoms with Gasteiger partial charge in [-0.15, -0.1) is 0 Å². The maximum atomic E-state index is 5.33. The molecule has 6 heteroatoms. The fourth-order valence-electron chi connectivity index (χ4n) is 2.24. The molecule has 1 aromatic rings. The minimum Gasteiger partial charge on any atom is -0.495 e. The minimum absolute atomic E-state index is 0.843. The van der Waals surface area contributed by atoms with Gasteiger partial charge in [-0.05, 0) is 45.0 Å². The van der Waals surface area contributed by atoms with Crippen LogP contribution in [0.1, 0.15) is 0 Å². The molecule has 1 aliphatic rings. The van der Waals surface area contributed by atoms with Crippen molar-refractivity contribution in [1.29, 1.82) is 0 Å². The number of nitrogens with one attached hydrogen (secondary N) is 1. The van der Waals surface area contributed by atoms with Gasteiger partial charge in [-0.2, -0.15) is 0 Å². The van der Waals surface area contributed by atoms with Crippen LogP contribution in [-0.2, 0) is 0 Å². The Morgan fingerprint density at radius 1 is 1.15 bits per heavy atom. The van der Waals surface area contributed by atoms with Crippen LogP contribution in [0.4, 0.5) is 5.69 Å². The normalized spacial score (nSPS) is 17.2. The van der Waals surface area contributed by atoms with Crippen LogP contribution in [0.25, 0.3) is 0 Å². The molecule has 0 atom stereocenters. The van der Waals surface area contributed by atoms with Gasteiger partial charge >= 0.3 is 0 Å². The summed E-state index contributed by atoms with van der Waals surface area (Å²) in [5.41, 5.74) is 1.07. The van der Waals surface area contributed by atoms with Gasteiger partial charge < -0.3 is 15.0 Å². The fraction of sp³-hybridized carbons (Fsp3) is 0.571. The maximum absolute atomic E-state index is 5.33. The number of methoxy groups -OCH3 is 1. The van der Waals surface area contributed by atoms with Gasteiger partial charge in [0.1, 0.15) is 5.75 Å². The van der Waals surface area contributed by atoms with Gasteiger partial charge in [0.2, 0.25) is 0 Å². The summed E-state index contributed by atoms with van der Waals surface area (Å²) in [7, 11) is 3.86. The molecule has 0 spiro atoms. The Morgan fingerprint density at radius 2 is 1.85 bits per heavy atom. The standard InChI is InChI=1S/C14H21Br2N3O/c1-18-5-7-19(8-6-18)4-3-17-13-10-14(20-2)12(16)9-11(13)15/h9-10,17H,3-8H2,1-2H3. The van der Waals surface area contributed by atoms with Gasteiger partial charge in [0, 0.05) is 49.8 Å². The summed E-state index contributed by atoms with van der Waals surface area (Å²) in [6, 6.07) is 4.02. The average Bonchev–Trinajstić information content (AvgIpc) is 2.43. The highest BCUT2D eigenvalue weighted by molar-refractivity contribution is 9.11. The van der Waals surface area contributed by atoms with E-state index in [0.29, 0.717) is 0 Å². The van der Waals surface area contributed by atoms with E-state index in [0.717, 1.165) is 59.7 Å². The smallest absolute Gasteiger partial charge is 0.135 e. The third-order valence-electron chi connectivity index (χ3n) is 3.58. The molecule has 1 N–H and O–H groups in total. The predicted octanol–water partition coefficient (Wildman–Crippen LogP) is 2.88. The van der Waals surface area contributed by atoms with E-state index in [-0.39, 0.29) is 0 Å². The molecule has 1 heterocycles. The number of hydrogen-bond donors (Lipinski definition) is 1. The first-order chi connectivity index (χ1) is 9.60. The minimum atomic E-state index is 0.843. The highest BCUT2D eigenvalue weighted by Gasteiger charge is 2.13. The predicted molar refractivity (Wildman–Crippen MR) is 90.8 cm³/mol. The Bertz CT molecular complexity index is 448. The van der Waals surface area contributed by atoms with Crippen LogP contribution in [-0.4, -0.2) is 63.2 Å². The lowest BCUT2D eigenvalue weighted by Crippen LogP contribution is -2.45. The summed E-state index contributed by atoms with van der Waals surface area (Å²) in [6.07, 6.45) is 0. The molecule has 4 nitrogen and oxygen atoms in total. The largest absolute Gasteiger partial charge is 0.495 e. The summed E-state index contributed by atoms with van der Waals surface area (Å²) in [5.74, 6) is 0.843. The van der Waals surface area contributed by atoms with E-state index in [1.54, 1.807) is 7.11 Å². The number of ether oxygens (including phenoxy) is 1. The Hall–Kier alpha value is -0.300. The molecule has 2 rings (SSSR count). The molecular formula is C14H21Br2N3O. The zero-order chi connectivity index (χ0) is 14.5. The van der Waals surface area contributed by atoms with E-state index in [2.05, 4.69) is 54.0 Å². The Balaban J connectivity index is 1.85. The first kappa shape index (κ1) is 16.1. The lowest BCUT2D eigenvalue weighted by atomic mass is 10.3. The number of benzene rings is 1. The van der Waals surface area contributed by atoms with Crippen LogP contribution in [0.5, 0.6) is 5.75 Å². The van der Waals surface area contributed by atoms with Crippen molar-refractivity contribution in [2.75, 3.05) is 58.7 Å². The molecule has 1 fully saturated rings. The molecule has 0 amide bonds. The Kier molecular flexibility index (Phi) is 6.14. The number of hydrogen-bond acceptors (Lipinski definition) is 4. The van der Waals surface area contributed by atoms with Crippen molar-refractivity contribution >= 4 is 37.5 Å². The molecule has 0 unspecified atom stereocenters. The van der Waals surface area contributed by atoms with E-state index < -0.39 is 0 Å². The van der Waals surface area contributed by atoms with Crippen molar-refractivity contribution in [2.24, 2.45) is 0 Å². The SMILES string of the molecule is COc1cc(NCCN2CCN(C)CC2)c(Br)cc1Br. The second kappa shape index (κ2) is 7.64. The summed E-state index contributed by atoms with van der Waals surface area (Å²) in [5, 5.41) is 3.47. The molecule has 0 aromatic heterocycles. The van der Waals surface area contributed by atoms with Crippen LogP contribution < -0.4 is 10.1 Å². The van der Waals surface area contributed by atoms with E-state index in [9.17, 15) is 0 Å². The van der Waals surface area contributed by atoms with Crippen LogP contribution in [0.2, 0.25) is 0 Å². The number of piperazine rings is 1. The molecule has 1 saturated heterocycles. The van der Waals surface area contributed by atoms with Gasteiger partial charge in [-0.25, -0.2) is 0 Å². The molecule has 1 aliphatic heterocycles. The molecule has 112 valence electrons. The summed E-state index contributed by atoms with van der Waals surface area (Å²) in [4.78, 5) is 4.87.